The SMILES string of the molecule is CCCCCCCCCCCCCCCC[P+](CCCCCCCCCCCCCCCC)(CCCCCCCCCCCCCCCC)CCCCCCCCCCCCCCCC.[O-]P(O)O. The molecule has 0 saturated carbocycles. The zero-order chi connectivity index (χ0) is 50.5. The van der Waals surface area contributed by atoms with E-state index in [2.05, 4.69) is 27.7 Å². The van der Waals surface area contributed by atoms with E-state index in [1.165, 1.54) is 334 Å². The summed E-state index contributed by atoms with van der Waals surface area (Å²) in [5.41, 5.74) is 0. The van der Waals surface area contributed by atoms with Crippen LogP contribution < -0.4 is 4.89 Å². The van der Waals surface area contributed by atoms with Gasteiger partial charge in [-0.1, -0.05) is 336 Å². The molecule has 0 aromatic rings. The van der Waals surface area contributed by atoms with Gasteiger partial charge in [-0.15, -0.1) is 0 Å². The van der Waals surface area contributed by atoms with Gasteiger partial charge >= 0.3 is 0 Å². The molecule has 0 spiro atoms. The Labute approximate surface area is 440 Å². The average molecular weight is 1010 g/mol. The van der Waals surface area contributed by atoms with Gasteiger partial charge in [0, 0.05) is 7.26 Å². The molecule has 5 heteroatoms. The first-order valence-electron chi connectivity index (χ1n) is 32.7. The second kappa shape index (κ2) is 64.9. The summed E-state index contributed by atoms with van der Waals surface area (Å²) in [7, 11) is -3.70. The van der Waals surface area contributed by atoms with Crippen molar-refractivity contribution in [3.63, 3.8) is 0 Å². The molecule has 0 aromatic heterocycles. The van der Waals surface area contributed by atoms with Crippen LogP contribution in [0.2, 0.25) is 0 Å². The summed E-state index contributed by atoms with van der Waals surface area (Å²) in [4.78, 5) is 22.9. The minimum atomic E-state index is -2.87. The van der Waals surface area contributed by atoms with E-state index in [-0.39, 0.29) is 0 Å². The Morgan fingerprint density at radius 1 is 0.203 bits per heavy atom. The first-order valence-corrected chi connectivity index (χ1v) is 36.4. The smallest absolute Gasteiger partial charge is 0.0755 e. The minimum Gasteiger partial charge on any atom is -0.786 e. The van der Waals surface area contributed by atoms with E-state index in [1.807, 2.05) is 0 Å². The largest absolute Gasteiger partial charge is 0.786 e. The van der Waals surface area contributed by atoms with Crippen molar-refractivity contribution in [2.24, 2.45) is 0 Å². The highest BCUT2D eigenvalue weighted by Crippen LogP contribution is 2.61. The van der Waals surface area contributed by atoms with E-state index >= 15 is 0 Å². The van der Waals surface area contributed by atoms with Gasteiger partial charge in [0.05, 0.1) is 33.3 Å². The monoisotopic (exact) mass is 1010 g/mol. The normalized spacial score (nSPS) is 11.8. The lowest BCUT2D eigenvalue weighted by atomic mass is 10.0. The van der Waals surface area contributed by atoms with Crippen molar-refractivity contribution in [3.05, 3.63) is 0 Å². The molecular weight excluding hydrogens is 879 g/mol. The topological polar surface area (TPSA) is 63.5 Å². The molecule has 0 aromatic carbocycles. The predicted octanol–water partition coefficient (Wildman–Crippen LogP) is 23.5. The van der Waals surface area contributed by atoms with E-state index in [4.69, 9.17) is 14.7 Å². The molecule has 0 saturated heterocycles. The molecule has 2 N–H and O–H groups in total. The number of rotatable bonds is 60. The van der Waals surface area contributed by atoms with Crippen molar-refractivity contribution in [2.45, 2.75) is 387 Å². The molecule has 0 rings (SSSR count). The predicted molar refractivity (Wildman–Crippen MR) is 319 cm³/mol. The quantitative estimate of drug-likeness (QED) is 0.0471. The molecule has 418 valence electrons. The van der Waals surface area contributed by atoms with Crippen molar-refractivity contribution < 1.29 is 14.7 Å². The molecule has 0 bridgehead atoms. The standard InChI is InChI=1S/C64H132P.H2O3P/c1-5-9-13-17-21-25-29-33-37-41-45-49-53-57-61-65(62-58-54-50-46-42-38-34-30-26-22-18-14-10-6-2,63-59-55-51-47-43-39-35-31-27-23-19-15-11-7-3)64-60-56-52-48-44-40-36-32-28-24-20-16-12-8-4;1-4(2)3/h5-64H2,1-4H3;1-2H/q+1;-1. The molecule has 0 unspecified atom stereocenters. The Kier molecular flexibility index (Phi) is 67.5. The van der Waals surface area contributed by atoms with E-state index in [1.54, 1.807) is 50.3 Å². The van der Waals surface area contributed by atoms with Gasteiger partial charge in [-0.25, -0.2) is 0 Å². The molecule has 0 fully saturated rings. The summed E-state index contributed by atoms with van der Waals surface area (Å²) in [6, 6.07) is 0. The summed E-state index contributed by atoms with van der Waals surface area (Å²) in [5, 5.41) is 0. The lowest BCUT2D eigenvalue weighted by molar-refractivity contribution is -0.193. The first-order chi connectivity index (χ1) is 34.0. The van der Waals surface area contributed by atoms with Crippen molar-refractivity contribution >= 4 is 15.9 Å². The molecular formula is C64H134O3P2. The van der Waals surface area contributed by atoms with E-state index in [0.29, 0.717) is 0 Å². The highest BCUT2D eigenvalue weighted by molar-refractivity contribution is 7.75. The first kappa shape index (κ1) is 71.8. The molecule has 0 aliphatic heterocycles. The Hall–Kier alpha value is 0.740. The maximum Gasteiger partial charge on any atom is 0.0755 e. The fraction of sp³-hybridized carbons (Fsp3) is 1.00. The average Bonchev–Trinajstić information content (AvgIpc) is 3.34. The highest BCUT2D eigenvalue weighted by Gasteiger charge is 2.35. The molecule has 0 amide bonds. The third kappa shape index (κ3) is 64.8. The number of hydrogen-bond donors (Lipinski definition) is 2. The second-order valence-electron chi connectivity index (χ2n) is 22.9. The van der Waals surface area contributed by atoms with E-state index < -0.39 is 15.9 Å². The van der Waals surface area contributed by atoms with Crippen LogP contribution in [0.25, 0.3) is 0 Å². The van der Waals surface area contributed by atoms with Crippen molar-refractivity contribution in [3.8, 4) is 0 Å². The van der Waals surface area contributed by atoms with Crippen molar-refractivity contribution in [1.82, 2.24) is 0 Å². The molecule has 0 radical (unpaired) electrons. The summed E-state index contributed by atoms with van der Waals surface area (Å²) >= 11 is 0. The second-order valence-corrected chi connectivity index (χ2v) is 27.9. The molecule has 0 atom stereocenters. The van der Waals surface area contributed by atoms with Crippen LogP contribution in [-0.4, -0.2) is 34.4 Å². The fourth-order valence-electron chi connectivity index (χ4n) is 11.2. The third-order valence-electron chi connectivity index (χ3n) is 15.9. The summed E-state index contributed by atoms with van der Waals surface area (Å²) in [5.74, 6) is 0. The maximum absolute atomic E-state index is 8.70. The van der Waals surface area contributed by atoms with Crippen LogP contribution in [0, 0.1) is 0 Å². The van der Waals surface area contributed by atoms with Crippen LogP contribution in [0.5, 0.6) is 0 Å². The van der Waals surface area contributed by atoms with Gasteiger partial charge in [0.15, 0.2) is 0 Å². The highest BCUT2D eigenvalue weighted by atomic mass is 31.2. The minimum absolute atomic E-state index is 0.834. The van der Waals surface area contributed by atoms with Crippen LogP contribution in [0.3, 0.4) is 0 Å². The Balaban J connectivity index is 0. The van der Waals surface area contributed by atoms with Gasteiger partial charge in [-0.05, 0) is 51.4 Å². The van der Waals surface area contributed by atoms with Gasteiger partial charge < -0.3 is 14.7 Å². The Bertz CT molecular complexity index is 733. The van der Waals surface area contributed by atoms with Crippen molar-refractivity contribution in [1.29, 1.82) is 0 Å². The van der Waals surface area contributed by atoms with Crippen LogP contribution in [0.1, 0.15) is 387 Å². The summed E-state index contributed by atoms with van der Waals surface area (Å²) < 4.78 is 0. The molecule has 3 nitrogen and oxygen atoms in total. The Morgan fingerprint density at radius 3 is 0.391 bits per heavy atom. The maximum atomic E-state index is 8.70. The summed E-state index contributed by atoms with van der Waals surface area (Å²) in [6.07, 6.45) is 90.3. The zero-order valence-electron chi connectivity index (χ0n) is 48.6. The Morgan fingerprint density at radius 2 is 0.290 bits per heavy atom. The molecule has 0 aliphatic rings. The molecule has 0 heterocycles. The van der Waals surface area contributed by atoms with Crippen molar-refractivity contribution in [2.75, 3.05) is 24.6 Å². The zero-order valence-corrected chi connectivity index (χ0v) is 50.4. The van der Waals surface area contributed by atoms with Crippen LogP contribution in [-0.2, 0) is 0 Å². The van der Waals surface area contributed by atoms with Crippen LogP contribution >= 0.6 is 15.9 Å². The number of unbranched alkanes of at least 4 members (excludes halogenated alkanes) is 52. The van der Waals surface area contributed by atoms with Gasteiger partial charge in [0.1, 0.15) is 0 Å². The fourth-order valence-corrected chi connectivity index (χ4v) is 16.2. The molecule has 69 heavy (non-hydrogen) atoms. The lowest BCUT2D eigenvalue weighted by Crippen LogP contribution is -2.13. The van der Waals surface area contributed by atoms with Gasteiger partial charge in [-0.2, -0.15) is 0 Å². The van der Waals surface area contributed by atoms with E-state index in [9.17, 15) is 0 Å². The third-order valence-corrected chi connectivity index (χ3v) is 21.0. The van der Waals surface area contributed by atoms with Gasteiger partial charge in [0.2, 0.25) is 0 Å². The van der Waals surface area contributed by atoms with Gasteiger partial charge in [-0.3, -0.25) is 0 Å². The molecule has 0 aliphatic carbocycles. The van der Waals surface area contributed by atoms with Crippen LogP contribution in [0.15, 0.2) is 0 Å². The van der Waals surface area contributed by atoms with Crippen LogP contribution in [0.4, 0.5) is 0 Å². The lowest BCUT2D eigenvalue weighted by Gasteiger charge is -2.28. The van der Waals surface area contributed by atoms with E-state index in [0.717, 1.165) is 0 Å². The number of hydrogen-bond acceptors (Lipinski definition) is 3. The van der Waals surface area contributed by atoms with Gasteiger partial charge in [0.25, 0.3) is 0 Å². The summed E-state index contributed by atoms with van der Waals surface area (Å²) in [6.45, 7) is 9.34.